The first kappa shape index (κ1) is 19.0. The summed E-state index contributed by atoms with van der Waals surface area (Å²) in [6, 6.07) is 7.73. The van der Waals surface area contributed by atoms with Crippen LogP contribution in [0, 0.1) is 5.92 Å². The van der Waals surface area contributed by atoms with Gasteiger partial charge in [0.25, 0.3) is 5.91 Å². The SMILES string of the molecule is CCCN(CC1CCCCC1)C(=O)c1ccc(CN)cc1.Cl. The normalized spacial score (nSPS) is 15.2. The van der Waals surface area contributed by atoms with Crippen molar-refractivity contribution in [3.63, 3.8) is 0 Å². The number of carbonyl (C=O) groups excluding carboxylic acids is 1. The minimum Gasteiger partial charge on any atom is -0.338 e. The van der Waals surface area contributed by atoms with Crippen molar-refractivity contribution in [1.29, 1.82) is 0 Å². The van der Waals surface area contributed by atoms with Gasteiger partial charge < -0.3 is 10.6 Å². The van der Waals surface area contributed by atoms with E-state index in [1.807, 2.05) is 29.2 Å². The highest BCUT2D eigenvalue weighted by Crippen LogP contribution is 2.25. The lowest BCUT2D eigenvalue weighted by molar-refractivity contribution is 0.0714. The lowest BCUT2D eigenvalue weighted by Gasteiger charge is -2.29. The molecule has 0 saturated heterocycles. The first-order valence-electron chi connectivity index (χ1n) is 8.33. The van der Waals surface area contributed by atoms with Gasteiger partial charge in [0.15, 0.2) is 0 Å². The van der Waals surface area contributed by atoms with E-state index in [-0.39, 0.29) is 18.3 Å². The fourth-order valence-electron chi connectivity index (χ4n) is 3.19. The lowest BCUT2D eigenvalue weighted by atomic mass is 9.89. The molecule has 0 aliphatic heterocycles. The van der Waals surface area contributed by atoms with E-state index in [1.165, 1.54) is 32.1 Å². The van der Waals surface area contributed by atoms with Crippen LogP contribution in [0.3, 0.4) is 0 Å². The molecule has 1 aromatic carbocycles. The highest BCUT2D eigenvalue weighted by Gasteiger charge is 2.21. The second-order valence-electron chi connectivity index (χ2n) is 6.16. The van der Waals surface area contributed by atoms with E-state index in [9.17, 15) is 4.79 Å². The van der Waals surface area contributed by atoms with Crippen LogP contribution in [0.15, 0.2) is 24.3 Å². The molecule has 1 fully saturated rings. The van der Waals surface area contributed by atoms with Crippen molar-refractivity contribution in [1.82, 2.24) is 4.90 Å². The van der Waals surface area contributed by atoms with Gasteiger partial charge in [-0.2, -0.15) is 0 Å². The molecule has 22 heavy (non-hydrogen) atoms. The van der Waals surface area contributed by atoms with Gasteiger partial charge in [0.05, 0.1) is 0 Å². The molecule has 1 aliphatic carbocycles. The molecule has 0 spiro atoms. The van der Waals surface area contributed by atoms with Gasteiger partial charge in [0.1, 0.15) is 0 Å². The number of nitrogens with zero attached hydrogens (tertiary/aromatic N) is 1. The number of benzene rings is 1. The Morgan fingerprint density at radius 2 is 1.82 bits per heavy atom. The van der Waals surface area contributed by atoms with Crippen molar-refractivity contribution in [2.24, 2.45) is 11.7 Å². The van der Waals surface area contributed by atoms with E-state index in [0.29, 0.717) is 12.5 Å². The maximum Gasteiger partial charge on any atom is 0.253 e. The van der Waals surface area contributed by atoms with Crippen molar-refractivity contribution in [2.75, 3.05) is 13.1 Å². The molecule has 2 rings (SSSR count). The van der Waals surface area contributed by atoms with E-state index >= 15 is 0 Å². The van der Waals surface area contributed by atoms with Crippen molar-refractivity contribution in [3.05, 3.63) is 35.4 Å². The molecule has 1 amide bonds. The minimum atomic E-state index is 0. The van der Waals surface area contributed by atoms with Crippen LogP contribution >= 0.6 is 12.4 Å². The first-order valence-corrected chi connectivity index (χ1v) is 8.33. The summed E-state index contributed by atoms with van der Waals surface area (Å²) >= 11 is 0. The topological polar surface area (TPSA) is 46.3 Å². The predicted octanol–water partition coefficient (Wildman–Crippen LogP) is 4.00. The van der Waals surface area contributed by atoms with E-state index in [4.69, 9.17) is 5.73 Å². The number of hydrogen-bond donors (Lipinski definition) is 1. The average molecular weight is 325 g/mol. The molecule has 3 nitrogen and oxygen atoms in total. The Bertz CT molecular complexity index is 441. The molecule has 0 unspecified atom stereocenters. The fourth-order valence-corrected chi connectivity index (χ4v) is 3.19. The molecule has 1 aliphatic rings. The van der Waals surface area contributed by atoms with Gasteiger partial charge in [-0.3, -0.25) is 4.79 Å². The van der Waals surface area contributed by atoms with Gasteiger partial charge in [-0.15, -0.1) is 12.4 Å². The van der Waals surface area contributed by atoms with Crippen LogP contribution in [0.2, 0.25) is 0 Å². The molecule has 0 bridgehead atoms. The summed E-state index contributed by atoms with van der Waals surface area (Å²) in [5, 5.41) is 0. The molecule has 0 aromatic heterocycles. The van der Waals surface area contributed by atoms with Gasteiger partial charge in [0.2, 0.25) is 0 Å². The zero-order chi connectivity index (χ0) is 15.1. The molecule has 1 saturated carbocycles. The Morgan fingerprint density at radius 3 is 2.36 bits per heavy atom. The van der Waals surface area contributed by atoms with Crippen LogP contribution in [0.4, 0.5) is 0 Å². The summed E-state index contributed by atoms with van der Waals surface area (Å²) in [5.74, 6) is 0.864. The molecule has 4 heteroatoms. The minimum absolute atomic E-state index is 0. The Morgan fingerprint density at radius 1 is 1.18 bits per heavy atom. The van der Waals surface area contributed by atoms with Crippen molar-refractivity contribution in [3.8, 4) is 0 Å². The smallest absolute Gasteiger partial charge is 0.253 e. The van der Waals surface area contributed by atoms with E-state index in [0.717, 1.165) is 30.6 Å². The lowest BCUT2D eigenvalue weighted by Crippen LogP contribution is -2.36. The van der Waals surface area contributed by atoms with Crippen molar-refractivity contribution < 1.29 is 4.79 Å². The quantitative estimate of drug-likeness (QED) is 0.859. The first-order chi connectivity index (χ1) is 10.2. The largest absolute Gasteiger partial charge is 0.338 e. The van der Waals surface area contributed by atoms with Crippen LogP contribution in [-0.4, -0.2) is 23.9 Å². The number of amides is 1. The van der Waals surface area contributed by atoms with Crippen molar-refractivity contribution >= 4 is 18.3 Å². The highest BCUT2D eigenvalue weighted by atomic mass is 35.5. The molecule has 124 valence electrons. The molecule has 0 heterocycles. The van der Waals surface area contributed by atoms with Crippen LogP contribution < -0.4 is 5.73 Å². The second-order valence-corrected chi connectivity index (χ2v) is 6.16. The van der Waals surface area contributed by atoms with Gasteiger partial charge in [-0.25, -0.2) is 0 Å². The Kier molecular flexibility index (Phi) is 8.51. The number of rotatable bonds is 6. The maximum absolute atomic E-state index is 12.7. The number of hydrogen-bond acceptors (Lipinski definition) is 2. The van der Waals surface area contributed by atoms with E-state index in [2.05, 4.69) is 6.92 Å². The molecule has 1 aromatic rings. The summed E-state index contributed by atoms with van der Waals surface area (Å²) in [4.78, 5) is 14.8. The van der Waals surface area contributed by atoms with Crippen LogP contribution in [0.5, 0.6) is 0 Å². The van der Waals surface area contributed by atoms with Gasteiger partial charge in [-0.05, 0) is 42.9 Å². The van der Waals surface area contributed by atoms with Gasteiger partial charge in [-0.1, -0.05) is 38.3 Å². The predicted molar refractivity (Wildman–Crippen MR) is 94.4 cm³/mol. The average Bonchev–Trinajstić information content (AvgIpc) is 2.55. The molecule has 0 atom stereocenters. The van der Waals surface area contributed by atoms with Crippen molar-refractivity contribution in [2.45, 2.75) is 52.0 Å². The fraction of sp³-hybridized carbons (Fsp3) is 0.611. The number of halogens is 1. The third-order valence-electron chi connectivity index (χ3n) is 4.42. The van der Waals surface area contributed by atoms with Gasteiger partial charge in [0, 0.05) is 25.2 Å². The summed E-state index contributed by atoms with van der Waals surface area (Å²) < 4.78 is 0. The Labute approximate surface area is 140 Å². The summed E-state index contributed by atoms with van der Waals surface area (Å²) in [7, 11) is 0. The van der Waals surface area contributed by atoms with Gasteiger partial charge >= 0.3 is 0 Å². The Hall–Kier alpha value is -1.06. The number of nitrogens with two attached hydrogens (primary N) is 1. The molecule has 0 radical (unpaired) electrons. The van der Waals surface area contributed by atoms with E-state index in [1.54, 1.807) is 0 Å². The molecular formula is C18H29ClN2O. The maximum atomic E-state index is 12.7. The zero-order valence-corrected chi connectivity index (χ0v) is 14.4. The third kappa shape index (κ3) is 5.29. The monoisotopic (exact) mass is 324 g/mol. The Balaban J connectivity index is 0.00000242. The van der Waals surface area contributed by atoms with E-state index < -0.39 is 0 Å². The molecular weight excluding hydrogens is 296 g/mol. The summed E-state index contributed by atoms with van der Waals surface area (Å²) in [6.45, 7) is 4.44. The zero-order valence-electron chi connectivity index (χ0n) is 13.6. The second kappa shape index (κ2) is 9.86. The highest BCUT2D eigenvalue weighted by molar-refractivity contribution is 5.94. The van der Waals surface area contributed by atoms with Crippen LogP contribution in [0.25, 0.3) is 0 Å². The summed E-state index contributed by atoms with van der Waals surface area (Å²) in [6.07, 6.45) is 7.57. The van der Waals surface area contributed by atoms with Crippen LogP contribution in [-0.2, 0) is 6.54 Å². The number of carbonyl (C=O) groups is 1. The molecule has 2 N–H and O–H groups in total. The standard InChI is InChI=1S/C18H28N2O.ClH/c1-2-12-20(14-16-6-4-3-5-7-16)18(21)17-10-8-15(13-19)9-11-17;/h8-11,16H,2-7,12-14,19H2,1H3;1H. The summed E-state index contributed by atoms with van der Waals surface area (Å²) in [5.41, 5.74) is 7.47. The third-order valence-corrected chi connectivity index (χ3v) is 4.42. The van der Waals surface area contributed by atoms with Crippen LogP contribution in [0.1, 0.15) is 61.4 Å².